The number of rotatable bonds is 7. The Bertz CT molecular complexity index is 1760. The van der Waals surface area contributed by atoms with Crippen LogP contribution < -0.4 is 5.46 Å². The zero-order valence-corrected chi connectivity index (χ0v) is 23.8. The zero-order chi connectivity index (χ0) is 28.6. The molecule has 6 aromatic rings. The van der Waals surface area contributed by atoms with Gasteiger partial charge in [-0.3, -0.25) is 0 Å². The maximum Gasteiger partial charge on any atom is 0.309 e. The van der Waals surface area contributed by atoms with E-state index in [2.05, 4.69) is 60.7 Å². The molecule has 1 aromatic heterocycles. The van der Waals surface area contributed by atoms with Crippen molar-refractivity contribution in [3.05, 3.63) is 109 Å². The van der Waals surface area contributed by atoms with Crippen LogP contribution in [0.15, 0.2) is 109 Å². The van der Waals surface area contributed by atoms with E-state index in [1.165, 1.54) is 10.8 Å². The van der Waals surface area contributed by atoms with Gasteiger partial charge in [0.15, 0.2) is 17.5 Å². The van der Waals surface area contributed by atoms with Crippen LogP contribution in [0, 0.1) is 0 Å². The van der Waals surface area contributed by atoms with Crippen LogP contribution in [0.1, 0.15) is 27.7 Å². The van der Waals surface area contributed by atoms with Crippen LogP contribution >= 0.6 is 0 Å². The van der Waals surface area contributed by atoms with Gasteiger partial charge in [0.1, 0.15) is 0 Å². The van der Waals surface area contributed by atoms with Crippen molar-refractivity contribution in [1.82, 2.24) is 15.0 Å². The maximum atomic E-state index is 10.4. The minimum absolute atomic E-state index is 0.388. The van der Waals surface area contributed by atoms with Crippen LogP contribution in [0.5, 0.6) is 0 Å². The van der Waals surface area contributed by atoms with Crippen molar-refractivity contribution in [2.75, 3.05) is 0 Å². The van der Waals surface area contributed by atoms with Crippen LogP contribution in [0.4, 0.5) is 0 Å². The molecule has 0 radical (unpaired) electrons. The van der Waals surface area contributed by atoms with E-state index in [9.17, 15) is 5.11 Å². The first-order valence-electron chi connectivity index (χ1n) is 13.9. The van der Waals surface area contributed by atoms with Gasteiger partial charge in [-0.15, -0.1) is 0 Å². The largest absolute Gasteiger partial charge is 0.427 e. The van der Waals surface area contributed by atoms with Gasteiger partial charge < -0.3 is 9.76 Å². The summed E-state index contributed by atoms with van der Waals surface area (Å²) in [4.78, 5) is 14.8. The first kappa shape index (κ1) is 26.8. The monoisotopic (exact) mass is 537 g/mol. The molecule has 0 saturated carbocycles. The van der Waals surface area contributed by atoms with Gasteiger partial charge in [0.25, 0.3) is 0 Å². The Hall–Kier alpha value is -4.39. The molecular weight excluding hydrogens is 505 g/mol. The lowest BCUT2D eigenvalue weighted by molar-refractivity contribution is -0.0893. The van der Waals surface area contributed by atoms with E-state index in [1.54, 1.807) is 13.8 Å². The van der Waals surface area contributed by atoms with Crippen LogP contribution in [0.25, 0.3) is 55.7 Å². The molecule has 0 unspecified atom stereocenters. The summed E-state index contributed by atoms with van der Waals surface area (Å²) in [6.07, 6.45) is 0. The van der Waals surface area contributed by atoms with Gasteiger partial charge in [0.05, 0.1) is 11.2 Å². The molecule has 0 amide bonds. The minimum atomic E-state index is -0.962. The predicted octanol–water partition coefficient (Wildman–Crippen LogP) is 6.72. The van der Waals surface area contributed by atoms with Gasteiger partial charge in [-0.1, -0.05) is 103 Å². The highest BCUT2D eigenvalue weighted by Crippen LogP contribution is 2.29. The molecule has 1 N–H and O–H groups in total. The number of hydrogen-bond donors (Lipinski definition) is 1. The summed E-state index contributed by atoms with van der Waals surface area (Å²) in [6, 6.07) is 37.2. The Labute approximate surface area is 241 Å². The number of fused-ring (bicyclic) bond motifs is 2. The van der Waals surface area contributed by atoms with Gasteiger partial charge in [0, 0.05) is 16.7 Å². The fourth-order valence-corrected chi connectivity index (χ4v) is 4.61. The van der Waals surface area contributed by atoms with E-state index in [4.69, 9.17) is 19.6 Å². The van der Waals surface area contributed by atoms with Crippen molar-refractivity contribution in [3.8, 4) is 34.2 Å². The van der Waals surface area contributed by atoms with E-state index in [-0.39, 0.29) is 0 Å². The van der Waals surface area contributed by atoms with E-state index in [1.807, 2.05) is 62.4 Å². The molecule has 6 rings (SSSR count). The number of nitrogens with zero attached hydrogens (tertiary/aromatic N) is 3. The molecule has 5 nitrogen and oxygen atoms in total. The normalized spacial score (nSPS) is 12.1. The SMILES string of the molecule is CC(C)(O)C(C)(C)OBc1ccc(-c2nc(-c3ccc4ccccc4c3)nc(-c3ccc4ccccc4c3)n2)cc1. The molecule has 0 bridgehead atoms. The van der Waals surface area contributed by atoms with E-state index in [0.29, 0.717) is 25.0 Å². The first-order valence-corrected chi connectivity index (χ1v) is 13.9. The van der Waals surface area contributed by atoms with Crippen molar-refractivity contribution in [2.24, 2.45) is 0 Å². The lowest BCUT2D eigenvalue weighted by atomic mass is 9.82. The number of aliphatic hydroxyl groups is 1. The molecule has 5 aromatic carbocycles. The van der Waals surface area contributed by atoms with Gasteiger partial charge in [-0.25, -0.2) is 15.0 Å². The third kappa shape index (κ3) is 5.62. The average Bonchev–Trinajstić information content (AvgIpc) is 2.99. The van der Waals surface area contributed by atoms with Crippen molar-refractivity contribution >= 4 is 34.5 Å². The van der Waals surface area contributed by atoms with Crippen LogP contribution in [-0.4, -0.2) is 38.7 Å². The summed E-state index contributed by atoms with van der Waals surface area (Å²) >= 11 is 0. The van der Waals surface area contributed by atoms with E-state index < -0.39 is 11.2 Å². The second-order valence-corrected chi connectivity index (χ2v) is 11.5. The molecule has 0 fully saturated rings. The van der Waals surface area contributed by atoms with Gasteiger partial charge in [0.2, 0.25) is 0 Å². The zero-order valence-electron chi connectivity index (χ0n) is 23.8. The summed E-state index contributed by atoms with van der Waals surface area (Å²) in [5.74, 6) is 1.86. The fourth-order valence-electron chi connectivity index (χ4n) is 4.61. The third-order valence-electron chi connectivity index (χ3n) is 7.94. The van der Waals surface area contributed by atoms with Gasteiger partial charge in [-0.05, 0) is 61.4 Å². The molecule has 0 atom stereocenters. The smallest absolute Gasteiger partial charge is 0.309 e. The topological polar surface area (TPSA) is 68.1 Å². The van der Waals surface area contributed by atoms with E-state index in [0.717, 1.165) is 32.9 Å². The van der Waals surface area contributed by atoms with Gasteiger partial charge in [-0.2, -0.15) is 0 Å². The highest BCUT2D eigenvalue weighted by atomic mass is 16.5. The fraction of sp³-hybridized carbons (Fsp3) is 0.171. The molecule has 202 valence electrons. The summed E-state index contributed by atoms with van der Waals surface area (Å²) in [5, 5.41) is 15.0. The molecule has 6 heteroatoms. The molecule has 1 heterocycles. The summed E-state index contributed by atoms with van der Waals surface area (Å²) in [7, 11) is 0.388. The third-order valence-corrected chi connectivity index (χ3v) is 7.94. The number of hydrogen-bond acceptors (Lipinski definition) is 5. The Morgan fingerprint density at radius 3 is 1.41 bits per heavy atom. The lowest BCUT2D eigenvalue weighted by Crippen LogP contribution is -2.49. The Balaban J connectivity index is 1.40. The lowest BCUT2D eigenvalue weighted by Gasteiger charge is -2.37. The molecule has 0 aliphatic heterocycles. The van der Waals surface area contributed by atoms with Crippen molar-refractivity contribution in [3.63, 3.8) is 0 Å². The quantitative estimate of drug-likeness (QED) is 0.229. The highest BCUT2D eigenvalue weighted by Gasteiger charge is 2.35. The van der Waals surface area contributed by atoms with Crippen LogP contribution in [-0.2, 0) is 4.65 Å². The second-order valence-electron chi connectivity index (χ2n) is 11.5. The Kier molecular flexibility index (Phi) is 6.90. The highest BCUT2D eigenvalue weighted by molar-refractivity contribution is 6.47. The number of aromatic nitrogens is 3. The van der Waals surface area contributed by atoms with Crippen molar-refractivity contribution < 1.29 is 9.76 Å². The standard InChI is InChI=1S/C35H32BN3O2/c1-34(2,40)35(3,4)41-36-30-19-17-25(18-20-30)31-37-32(28-15-13-23-9-5-7-11-26(23)21-28)39-33(38-31)29-16-14-24-10-6-8-12-27(24)22-29/h5-22,36,40H,1-4H3. The second kappa shape index (κ2) is 10.5. The molecule has 0 aliphatic rings. The van der Waals surface area contributed by atoms with Crippen LogP contribution in [0.2, 0.25) is 0 Å². The Morgan fingerprint density at radius 2 is 0.951 bits per heavy atom. The van der Waals surface area contributed by atoms with Crippen LogP contribution in [0.3, 0.4) is 0 Å². The first-order chi connectivity index (χ1) is 19.7. The molecule has 0 spiro atoms. The molecular formula is C35H32BN3O2. The summed E-state index contributed by atoms with van der Waals surface area (Å²) < 4.78 is 6.06. The maximum absolute atomic E-state index is 10.4. The van der Waals surface area contributed by atoms with Crippen molar-refractivity contribution in [1.29, 1.82) is 0 Å². The summed E-state index contributed by atoms with van der Waals surface area (Å²) in [5.41, 5.74) is 2.12. The molecule has 41 heavy (non-hydrogen) atoms. The van der Waals surface area contributed by atoms with Crippen molar-refractivity contribution in [2.45, 2.75) is 38.9 Å². The van der Waals surface area contributed by atoms with E-state index >= 15 is 0 Å². The minimum Gasteiger partial charge on any atom is -0.427 e. The molecule has 0 aliphatic carbocycles. The number of benzene rings is 5. The predicted molar refractivity (Wildman–Crippen MR) is 169 cm³/mol. The molecule has 0 saturated heterocycles. The summed E-state index contributed by atoms with van der Waals surface area (Å²) in [6.45, 7) is 7.32. The average molecular weight is 537 g/mol. The Morgan fingerprint density at radius 1 is 0.537 bits per heavy atom. The van der Waals surface area contributed by atoms with Gasteiger partial charge >= 0.3 is 7.48 Å².